The molecule has 1 aromatic carbocycles. The van der Waals surface area contributed by atoms with E-state index in [1.165, 1.54) is 27.4 Å². The summed E-state index contributed by atoms with van der Waals surface area (Å²) in [6, 6.07) is 5.19. The van der Waals surface area contributed by atoms with Gasteiger partial charge in [-0.3, -0.25) is 4.79 Å². The maximum absolute atomic E-state index is 12.5. The van der Waals surface area contributed by atoms with E-state index in [9.17, 15) is 9.59 Å². The van der Waals surface area contributed by atoms with Crippen molar-refractivity contribution >= 4 is 17.8 Å². The molecule has 160 valence electrons. The Morgan fingerprint density at radius 2 is 1.67 bits per heavy atom. The van der Waals surface area contributed by atoms with Crippen molar-refractivity contribution in [3.63, 3.8) is 0 Å². The van der Waals surface area contributed by atoms with E-state index in [1.54, 1.807) is 30.4 Å². The van der Waals surface area contributed by atoms with Crippen LogP contribution in [0.5, 0.6) is 17.2 Å². The first-order valence-corrected chi connectivity index (χ1v) is 9.31. The number of carbonyl (C=O) groups excluding carboxylic acids is 2. The SMILES string of the molecule is C=CCn1c(C)cc(C(=O)COC(=O)/C=C/c2cc(OC)c(OC)c(OC)c2)c1C. The summed E-state index contributed by atoms with van der Waals surface area (Å²) in [5.74, 6) is 0.508. The molecule has 0 amide bonds. The average molecular weight is 413 g/mol. The van der Waals surface area contributed by atoms with Crippen LogP contribution in [0.2, 0.25) is 0 Å². The molecular formula is C23H27NO6. The van der Waals surface area contributed by atoms with Crippen LogP contribution in [0.15, 0.2) is 36.9 Å². The van der Waals surface area contributed by atoms with Gasteiger partial charge in [-0.2, -0.15) is 0 Å². The van der Waals surface area contributed by atoms with Crippen LogP contribution in [0.25, 0.3) is 6.08 Å². The zero-order valence-electron chi connectivity index (χ0n) is 18.0. The Labute approximate surface area is 176 Å². The summed E-state index contributed by atoms with van der Waals surface area (Å²) in [4.78, 5) is 24.5. The third kappa shape index (κ3) is 5.11. The summed E-state index contributed by atoms with van der Waals surface area (Å²) in [7, 11) is 4.53. The van der Waals surface area contributed by atoms with Gasteiger partial charge in [-0.1, -0.05) is 6.08 Å². The highest BCUT2D eigenvalue weighted by atomic mass is 16.5. The molecule has 7 nitrogen and oxygen atoms in total. The molecule has 7 heteroatoms. The molecule has 0 radical (unpaired) electrons. The van der Waals surface area contributed by atoms with Crippen molar-refractivity contribution in [2.75, 3.05) is 27.9 Å². The number of methoxy groups -OCH3 is 3. The minimum atomic E-state index is -0.628. The predicted molar refractivity (Wildman–Crippen MR) is 115 cm³/mol. The van der Waals surface area contributed by atoms with Gasteiger partial charge >= 0.3 is 5.97 Å². The smallest absolute Gasteiger partial charge is 0.331 e. The van der Waals surface area contributed by atoms with Gasteiger partial charge in [-0.05, 0) is 43.7 Å². The van der Waals surface area contributed by atoms with Crippen molar-refractivity contribution in [2.45, 2.75) is 20.4 Å². The lowest BCUT2D eigenvalue weighted by Crippen LogP contribution is -2.13. The minimum Gasteiger partial charge on any atom is -0.493 e. The molecule has 0 unspecified atom stereocenters. The maximum Gasteiger partial charge on any atom is 0.331 e. The molecule has 0 aliphatic rings. The molecule has 0 bridgehead atoms. The topological polar surface area (TPSA) is 76.0 Å². The van der Waals surface area contributed by atoms with Gasteiger partial charge in [0.25, 0.3) is 0 Å². The first-order chi connectivity index (χ1) is 14.4. The van der Waals surface area contributed by atoms with E-state index >= 15 is 0 Å². The highest BCUT2D eigenvalue weighted by molar-refractivity contribution is 6.00. The summed E-state index contributed by atoms with van der Waals surface area (Å²) < 4.78 is 22.9. The zero-order chi connectivity index (χ0) is 22.3. The van der Waals surface area contributed by atoms with Gasteiger partial charge in [0.1, 0.15) is 0 Å². The third-order valence-electron chi connectivity index (χ3n) is 4.63. The highest BCUT2D eigenvalue weighted by Gasteiger charge is 2.16. The second kappa shape index (κ2) is 10.3. The molecule has 1 aromatic heterocycles. The van der Waals surface area contributed by atoms with Crippen LogP contribution in [0, 0.1) is 13.8 Å². The van der Waals surface area contributed by atoms with E-state index in [0.29, 0.717) is 34.9 Å². The van der Waals surface area contributed by atoms with Gasteiger partial charge in [0.15, 0.2) is 18.1 Å². The number of allylic oxidation sites excluding steroid dienone is 1. The van der Waals surface area contributed by atoms with Crippen LogP contribution < -0.4 is 14.2 Å². The van der Waals surface area contributed by atoms with E-state index in [4.69, 9.17) is 18.9 Å². The summed E-state index contributed by atoms with van der Waals surface area (Å²) in [5.41, 5.74) is 2.96. The van der Waals surface area contributed by atoms with Crippen LogP contribution in [0.3, 0.4) is 0 Å². The van der Waals surface area contributed by atoms with Crippen LogP contribution in [-0.2, 0) is 16.1 Å². The summed E-state index contributed by atoms with van der Waals surface area (Å²) >= 11 is 0. The predicted octanol–water partition coefficient (Wildman–Crippen LogP) is 3.76. The quantitative estimate of drug-likeness (QED) is 0.256. The maximum atomic E-state index is 12.5. The van der Waals surface area contributed by atoms with E-state index in [1.807, 2.05) is 18.4 Å². The van der Waals surface area contributed by atoms with Crippen LogP contribution >= 0.6 is 0 Å². The fourth-order valence-electron chi connectivity index (χ4n) is 3.12. The van der Waals surface area contributed by atoms with E-state index in [-0.39, 0.29) is 12.4 Å². The molecule has 0 spiro atoms. The molecule has 0 saturated heterocycles. The summed E-state index contributed by atoms with van der Waals surface area (Å²) in [6.45, 7) is 7.77. The molecule has 0 aliphatic heterocycles. The van der Waals surface area contributed by atoms with Crippen molar-refractivity contribution < 1.29 is 28.5 Å². The van der Waals surface area contributed by atoms with E-state index < -0.39 is 5.97 Å². The van der Waals surface area contributed by atoms with Crippen molar-refractivity contribution in [3.8, 4) is 17.2 Å². The number of Topliss-reactive ketones (excluding diaryl/α,β-unsaturated/α-hetero) is 1. The first-order valence-electron chi connectivity index (χ1n) is 9.31. The molecule has 0 aliphatic carbocycles. The molecule has 1 heterocycles. The van der Waals surface area contributed by atoms with Gasteiger partial charge in [0.05, 0.1) is 21.3 Å². The number of aryl methyl sites for hydroxylation is 1. The fourth-order valence-corrected chi connectivity index (χ4v) is 3.12. The third-order valence-corrected chi connectivity index (χ3v) is 4.63. The molecule has 0 saturated carbocycles. The highest BCUT2D eigenvalue weighted by Crippen LogP contribution is 2.38. The molecule has 2 aromatic rings. The monoisotopic (exact) mass is 413 g/mol. The van der Waals surface area contributed by atoms with Gasteiger partial charge in [-0.25, -0.2) is 4.79 Å². The largest absolute Gasteiger partial charge is 0.493 e. The lowest BCUT2D eigenvalue weighted by Gasteiger charge is -2.12. The van der Waals surface area contributed by atoms with Crippen molar-refractivity contribution in [3.05, 3.63) is 59.4 Å². The van der Waals surface area contributed by atoms with Crippen molar-refractivity contribution in [2.24, 2.45) is 0 Å². The average Bonchev–Trinajstić information content (AvgIpc) is 3.03. The molecule has 0 atom stereocenters. The standard InChI is InChI=1S/C23H27NO6/c1-7-10-24-15(2)11-18(16(24)3)19(25)14-30-22(26)9-8-17-12-20(27-4)23(29-6)21(13-17)28-5/h7-9,11-13H,1,10,14H2,2-6H3/b9-8+. The minimum absolute atomic E-state index is 0.257. The Bertz CT molecular complexity index is 945. The van der Waals surface area contributed by atoms with E-state index in [0.717, 1.165) is 11.4 Å². The van der Waals surface area contributed by atoms with Crippen LogP contribution in [-0.4, -0.2) is 44.3 Å². The number of aromatic nitrogens is 1. The summed E-state index contributed by atoms with van der Waals surface area (Å²) in [6.07, 6.45) is 4.56. The molecule has 30 heavy (non-hydrogen) atoms. The lowest BCUT2D eigenvalue weighted by atomic mass is 10.1. The Morgan fingerprint density at radius 1 is 1.03 bits per heavy atom. The van der Waals surface area contributed by atoms with Gasteiger partial charge in [0, 0.05) is 29.6 Å². The number of hydrogen-bond acceptors (Lipinski definition) is 6. The lowest BCUT2D eigenvalue weighted by molar-refractivity contribution is -0.136. The van der Waals surface area contributed by atoms with Crippen LogP contribution in [0.4, 0.5) is 0 Å². The number of carbonyl (C=O) groups is 2. The van der Waals surface area contributed by atoms with Crippen LogP contribution in [0.1, 0.15) is 27.3 Å². The Morgan fingerprint density at radius 3 is 2.20 bits per heavy atom. The molecule has 2 rings (SSSR count). The number of esters is 1. The van der Waals surface area contributed by atoms with Crippen molar-refractivity contribution in [1.82, 2.24) is 4.57 Å². The number of ether oxygens (including phenoxy) is 4. The van der Waals surface area contributed by atoms with Gasteiger partial charge in [-0.15, -0.1) is 6.58 Å². The number of hydrogen-bond donors (Lipinski definition) is 0. The second-order valence-electron chi connectivity index (χ2n) is 6.51. The number of benzene rings is 1. The Balaban J connectivity index is 2.06. The second-order valence-corrected chi connectivity index (χ2v) is 6.51. The van der Waals surface area contributed by atoms with E-state index in [2.05, 4.69) is 6.58 Å². The molecule has 0 N–H and O–H groups in total. The fraction of sp³-hybridized carbons (Fsp3) is 0.304. The number of ketones is 1. The Kier molecular flexibility index (Phi) is 7.86. The molecular weight excluding hydrogens is 386 g/mol. The number of nitrogens with zero attached hydrogens (tertiary/aromatic N) is 1. The van der Waals surface area contributed by atoms with Crippen molar-refractivity contribution in [1.29, 1.82) is 0 Å². The molecule has 0 fully saturated rings. The van der Waals surface area contributed by atoms with Gasteiger partial charge < -0.3 is 23.5 Å². The normalized spacial score (nSPS) is 10.7. The van der Waals surface area contributed by atoms with Gasteiger partial charge in [0.2, 0.25) is 11.5 Å². The first kappa shape index (κ1) is 22.8. The Hall–Kier alpha value is -3.48. The number of rotatable bonds is 10. The summed E-state index contributed by atoms with van der Waals surface area (Å²) in [5, 5.41) is 0. The zero-order valence-corrected chi connectivity index (χ0v) is 18.0.